The van der Waals surface area contributed by atoms with E-state index in [-0.39, 0.29) is 0 Å². The first kappa shape index (κ1) is 10.4. The van der Waals surface area contributed by atoms with Crippen LogP contribution in [0.3, 0.4) is 0 Å². The van der Waals surface area contributed by atoms with Crippen LogP contribution < -0.4 is 5.32 Å². The Morgan fingerprint density at radius 1 is 1.60 bits per heavy atom. The maximum absolute atomic E-state index is 4.16. The fourth-order valence-corrected chi connectivity index (χ4v) is 2.26. The maximum atomic E-state index is 4.16. The molecule has 80 valence electrons. The Kier molecular flexibility index (Phi) is 3.53. The minimum atomic E-state index is 0.561. The van der Waals surface area contributed by atoms with E-state index in [1.165, 1.54) is 5.56 Å². The zero-order valence-corrected chi connectivity index (χ0v) is 9.55. The number of nitrogens with zero attached hydrogens (tertiary/aromatic N) is 1. The Morgan fingerprint density at radius 2 is 2.53 bits per heavy atom. The van der Waals surface area contributed by atoms with Gasteiger partial charge in [-0.1, -0.05) is 6.92 Å². The second-order valence-electron chi connectivity index (χ2n) is 3.62. The van der Waals surface area contributed by atoms with Crippen LogP contribution in [0.1, 0.15) is 24.2 Å². The normalized spacial score (nSPS) is 12.9. The van der Waals surface area contributed by atoms with Crippen molar-refractivity contribution in [3.63, 3.8) is 0 Å². The van der Waals surface area contributed by atoms with Crippen LogP contribution in [-0.4, -0.2) is 16.5 Å². The van der Waals surface area contributed by atoms with Crippen molar-refractivity contribution >= 4 is 11.3 Å². The second-order valence-corrected chi connectivity index (χ2v) is 4.40. The van der Waals surface area contributed by atoms with Gasteiger partial charge >= 0.3 is 0 Å². The van der Waals surface area contributed by atoms with Gasteiger partial charge in [-0.05, 0) is 28.3 Å². The molecule has 15 heavy (non-hydrogen) atoms. The summed E-state index contributed by atoms with van der Waals surface area (Å²) in [6, 6.07) is 2.18. The number of H-pyrrole nitrogens is 1. The first-order valence-corrected chi connectivity index (χ1v) is 6.01. The van der Waals surface area contributed by atoms with E-state index in [1.54, 1.807) is 17.5 Å². The highest BCUT2D eigenvalue weighted by atomic mass is 32.1. The third kappa shape index (κ3) is 2.91. The summed E-state index contributed by atoms with van der Waals surface area (Å²) in [5.74, 6) is 1.55. The SMILES string of the molecule is CC(CNCc1ncc[nH]1)c1ccsc1. The van der Waals surface area contributed by atoms with Crippen molar-refractivity contribution in [2.45, 2.75) is 19.4 Å². The number of aromatic amines is 1. The van der Waals surface area contributed by atoms with Gasteiger partial charge in [-0.15, -0.1) is 0 Å². The smallest absolute Gasteiger partial charge is 0.120 e. The van der Waals surface area contributed by atoms with Gasteiger partial charge in [0.1, 0.15) is 5.82 Å². The number of hydrogen-bond acceptors (Lipinski definition) is 3. The molecule has 0 saturated heterocycles. The lowest BCUT2D eigenvalue weighted by molar-refractivity contribution is 0.603. The molecule has 0 amide bonds. The Balaban J connectivity index is 1.74. The van der Waals surface area contributed by atoms with Gasteiger partial charge in [0.15, 0.2) is 0 Å². The molecule has 3 nitrogen and oxygen atoms in total. The van der Waals surface area contributed by atoms with E-state index in [0.29, 0.717) is 5.92 Å². The summed E-state index contributed by atoms with van der Waals surface area (Å²) in [4.78, 5) is 7.23. The molecule has 0 bridgehead atoms. The summed E-state index contributed by atoms with van der Waals surface area (Å²) in [7, 11) is 0. The molecular formula is C11H15N3S. The van der Waals surface area contributed by atoms with Crippen LogP contribution in [0.2, 0.25) is 0 Å². The topological polar surface area (TPSA) is 40.7 Å². The zero-order chi connectivity index (χ0) is 10.5. The van der Waals surface area contributed by atoms with E-state index in [2.05, 4.69) is 39.0 Å². The number of aromatic nitrogens is 2. The van der Waals surface area contributed by atoms with Crippen LogP contribution >= 0.6 is 11.3 Å². The van der Waals surface area contributed by atoms with Crippen LogP contribution in [0.25, 0.3) is 0 Å². The summed E-state index contributed by atoms with van der Waals surface area (Å²) >= 11 is 1.75. The molecule has 1 unspecified atom stereocenters. The molecule has 2 N–H and O–H groups in total. The number of nitrogens with one attached hydrogen (secondary N) is 2. The molecule has 0 aliphatic carbocycles. The van der Waals surface area contributed by atoms with Crippen LogP contribution in [0.15, 0.2) is 29.2 Å². The van der Waals surface area contributed by atoms with Crippen molar-refractivity contribution in [3.05, 3.63) is 40.6 Å². The standard InChI is InChI=1S/C11H15N3S/c1-9(10-2-5-15-8-10)6-12-7-11-13-3-4-14-11/h2-5,8-9,12H,6-7H2,1H3,(H,13,14). The van der Waals surface area contributed by atoms with E-state index < -0.39 is 0 Å². The Hall–Kier alpha value is -1.13. The molecule has 2 rings (SSSR count). The zero-order valence-electron chi connectivity index (χ0n) is 8.73. The summed E-state index contributed by atoms with van der Waals surface area (Å²) < 4.78 is 0. The third-order valence-electron chi connectivity index (χ3n) is 2.41. The molecular weight excluding hydrogens is 206 g/mol. The van der Waals surface area contributed by atoms with E-state index in [0.717, 1.165) is 18.9 Å². The van der Waals surface area contributed by atoms with Gasteiger partial charge < -0.3 is 10.3 Å². The fraction of sp³-hybridized carbons (Fsp3) is 0.364. The van der Waals surface area contributed by atoms with Crippen molar-refractivity contribution in [1.82, 2.24) is 15.3 Å². The van der Waals surface area contributed by atoms with Crippen LogP contribution in [0.5, 0.6) is 0 Å². The van der Waals surface area contributed by atoms with E-state index in [1.807, 2.05) is 6.20 Å². The highest BCUT2D eigenvalue weighted by molar-refractivity contribution is 7.07. The maximum Gasteiger partial charge on any atom is 0.120 e. The molecule has 1 atom stereocenters. The van der Waals surface area contributed by atoms with Crippen molar-refractivity contribution in [1.29, 1.82) is 0 Å². The van der Waals surface area contributed by atoms with Gasteiger partial charge in [0.2, 0.25) is 0 Å². The Morgan fingerprint density at radius 3 is 3.20 bits per heavy atom. The lowest BCUT2D eigenvalue weighted by Crippen LogP contribution is -2.20. The average molecular weight is 221 g/mol. The molecule has 0 saturated carbocycles. The van der Waals surface area contributed by atoms with Crippen molar-refractivity contribution in [2.75, 3.05) is 6.54 Å². The van der Waals surface area contributed by atoms with Gasteiger partial charge in [-0.3, -0.25) is 0 Å². The van der Waals surface area contributed by atoms with Crippen LogP contribution in [0, 0.1) is 0 Å². The molecule has 2 aromatic rings. The quantitative estimate of drug-likeness (QED) is 0.813. The summed E-state index contributed by atoms with van der Waals surface area (Å²) in [6.07, 6.45) is 3.62. The van der Waals surface area contributed by atoms with Crippen LogP contribution in [0.4, 0.5) is 0 Å². The van der Waals surface area contributed by atoms with Crippen molar-refractivity contribution in [3.8, 4) is 0 Å². The first-order chi connectivity index (χ1) is 7.36. The summed E-state index contributed by atoms with van der Waals surface area (Å²) in [5.41, 5.74) is 1.41. The lowest BCUT2D eigenvalue weighted by Gasteiger charge is -2.10. The van der Waals surface area contributed by atoms with Crippen molar-refractivity contribution in [2.24, 2.45) is 0 Å². The van der Waals surface area contributed by atoms with Gasteiger partial charge in [0.05, 0.1) is 6.54 Å². The fourth-order valence-electron chi connectivity index (χ4n) is 1.47. The lowest BCUT2D eigenvalue weighted by atomic mass is 10.1. The van der Waals surface area contributed by atoms with E-state index in [9.17, 15) is 0 Å². The molecule has 4 heteroatoms. The molecule has 0 radical (unpaired) electrons. The monoisotopic (exact) mass is 221 g/mol. The van der Waals surface area contributed by atoms with E-state index >= 15 is 0 Å². The van der Waals surface area contributed by atoms with Crippen molar-refractivity contribution < 1.29 is 0 Å². The third-order valence-corrected chi connectivity index (χ3v) is 3.11. The summed E-state index contributed by atoms with van der Waals surface area (Å²) in [5, 5.41) is 7.72. The van der Waals surface area contributed by atoms with Gasteiger partial charge in [-0.2, -0.15) is 11.3 Å². The molecule has 0 spiro atoms. The highest BCUT2D eigenvalue weighted by Gasteiger charge is 2.05. The molecule has 0 fully saturated rings. The summed E-state index contributed by atoms with van der Waals surface area (Å²) in [6.45, 7) is 4.02. The predicted octanol–water partition coefficient (Wildman–Crippen LogP) is 2.36. The Bertz CT molecular complexity index is 366. The minimum Gasteiger partial charge on any atom is -0.348 e. The first-order valence-electron chi connectivity index (χ1n) is 5.07. The highest BCUT2D eigenvalue weighted by Crippen LogP contribution is 2.16. The number of rotatable bonds is 5. The van der Waals surface area contributed by atoms with Crippen LogP contribution in [-0.2, 0) is 6.54 Å². The minimum absolute atomic E-state index is 0.561. The van der Waals surface area contributed by atoms with E-state index in [4.69, 9.17) is 0 Å². The number of imidazole rings is 1. The largest absolute Gasteiger partial charge is 0.348 e. The molecule has 2 heterocycles. The second kappa shape index (κ2) is 5.09. The molecule has 0 aromatic carbocycles. The molecule has 0 aliphatic heterocycles. The molecule has 2 aromatic heterocycles. The van der Waals surface area contributed by atoms with Gasteiger partial charge in [0, 0.05) is 18.9 Å². The Labute approximate surface area is 93.6 Å². The predicted molar refractivity (Wildman–Crippen MR) is 63.0 cm³/mol. The van der Waals surface area contributed by atoms with Gasteiger partial charge in [0.25, 0.3) is 0 Å². The number of thiophene rings is 1. The molecule has 0 aliphatic rings. The van der Waals surface area contributed by atoms with Gasteiger partial charge in [-0.25, -0.2) is 4.98 Å². The average Bonchev–Trinajstić information content (AvgIpc) is 2.90. The number of hydrogen-bond donors (Lipinski definition) is 2.